The zero-order valence-corrected chi connectivity index (χ0v) is 5.75. The largest absolute Gasteiger partial charge is 0.250 e. The summed E-state index contributed by atoms with van der Waals surface area (Å²) < 4.78 is 2.03. The molecular weight excluding hydrogens is 126 g/mol. The van der Waals surface area contributed by atoms with Crippen molar-refractivity contribution in [1.29, 1.82) is 5.26 Å². The number of aromatic amines is 1. The lowest BCUT2D eigenvalue weighted by Crippen LogP contribution is -2.30. The Hall–Kier alpha value is -1.30. The summed E-state index contributed by atoms with van der Waals surface area (Å²) in [5.74, 6) is 0. The van der Waals surface area contributed by atoms with Crippen LogP contribution in [0, 0.1) is 11.3 Å². The van der Waals surface area contributed by atoms with Crippen LogP contribution in [0.4, 0.5) is 0 Å². The Kier molecular flexibility index (Phi) is 2.50. The number of imidazole rings is 1. The van der Waals surface area contributed by atoms with Crippen LogP contribution in [0.3, 0.4) is 0 Å². The lowest BCUT2D eigenvalue weighted by molar-refractivity contribution is -0.695. The van der Waals surface area contributed by atoms with E-state index in [0.717, 1.165) is 13.0 Å². The van der Waals surface area contributed by atoms with Gasteiger partial charge in [0.1, 0.15) is 12.4 Å². The second-order valence-electron chi connectivity index (χ2n) is 2.11. The minimum absolute atomic E-state index is 0.637. The first kappa shape index (κ1) is 6.81. The Balaban J connectivity index is 2.23. The summed E-state index contributed by atoms with van der Waals surface area (Å²) in [5.41, 5.74) is 0. The number of nitrogens with one attached hydrogen (secondary N) is 1. The van der Waals surface area contributed by atoms with Gasteiger partial charge in [-0.25, -0.2) is 4.57 Å². The zero-order chi connectivity index (χ0) is 7.23. The highest BCUT2D eigenvalue weighted by atomic mass is 15.0. The minimum atomic E-state index is 0.637. The van der Waals surface area contributed by atoms with Gasteiger partial charge in [-0.3, -0.25) is 4.98 Å². The average Bonchev–Trinajstić information content (AvgIpc) is 2.41. The Labute approximate surface area is 59.9 Å². The maximum Gasteiger partial charge on any atom is 0.241 e. The second kappa shape index (κ2) is 3.67. The number of hydrogen-bond donors (Lipinski definition) is 1. The molecule has 0 aromatic carbocycles. The number of H-pyrrole nitrogens is 1. The van der Waals surface area contributed by atoms with Crippen molar-refractivity contribution >= 4 is 0 Å². The smallest absolute Gasteiger partial charge is 0.241 e. The lowest BCUT2D eigenvalue weighted by atomic mass is 10.3. The summed E-state index contributed by atoms with van der Waals surface area (Å²) >= 11 is 0. The van der Waals surface area contributed by atoms with E-state index in [1.807, 2.05) is 23.3 Å². The summed E-state index contributed by atoms with van der Waals surface area (Å²) in [6, 6.07) is 2.11. The van der Waals surface area contributed by atoms with Gasteiger partial charge in [0.2, 0.25) is 6.33 Å². The first-order valence-electron chi connectivity index (χ1n) is 3.32. The molecule has 0 amide bonds. The van der Waals surface area contributed by atoms with Gasteiger partial charge in [-0.05, 0) is 6.42 Å². The molecule has 0 radical (unpaired) electrons. The Bertz CT molecular complexity index is 207. The fraction of sp³-hybridized carbons (Fsp3) is 0.429. The number of hydrogen-bond acceptors (Lipinski definition) is 1. The van der Waals surface area contributed by atoms with E-state index in [4.69, 9.17) is 5.26 Å². The molecule has 1 aromatic heterocycles. The highest BCUT2D eigenvalue weighted by molar-refractivity contribution is 4.66. The van der Waals surface area contributed by atoms with Gasteiger partial charge in [-0.1, -0.05) is 0 Å². The summed E-state index contributed by atoms with van der Waals surface area (Å²) in [6.07, 6.45) is 7.28. The molecule has 0 atom stereocenters. The van der Waals surface area contributed by atoms with Crippen molar-refractivity contribution < 1.29 is 4.57 Å². The van der Waals surface area contributed by atoms with Gasteiger partial charge in [0.05, 0.1) is 12.6 Å². The molecule has 0 spiro atoms. The van der Waals surface area contributed by atoms with Crippen molar-refractivity contribution in [2.75, 3.05) is 0 Å². The SMILES string of the molecule is N#CCCC[n+]1cc[nH]c1. The van der Waals surface area contributed by atoms with E-state index < -0.39 is 0 Å². The number of unbranched alkanes of at least 4 members (excludes halogenated alkanes) is 1. The van der Waals surface area contributed by atoms with Crippen LogP contribution < -0.4 is 4.57 Å². The predicted octanol–water partition coefficient (Wildman–Crippen LogP) is 0.606. The summed E-state index contributed by atoms with van der Waals surface area (Å²) in [4.78, 5) is 2.94. The first-order chi connectivity index (χ1) is 4.93. The maximum absolute atomic E-state index is 8.23. The molecule has 0 bridgehead atoms. The van der Waals surface area contributed by atoms with Crippen molar-refractivity contribution in [3.63, 3.8) is 0 Å². The molecule has 0 aliphatic carbocycles. The van der Waals surface area contributed by atoms with E-state index >= 15 is 0 Å². The van der Waals surface area contributed by atoms with E-state index in [2.05, 4.69) is 11.1 Å². The summed E-state index contributed by atoms with van der Waals surface area (Å²) in [5, 5.41) is 8.23. The van der Waals surface area contributed by atoms with Gasteiger partial charge in [-0.15, -0.1) is 0 Å². The van der Waals surface area contributed by atoms with Gasteiger partial charge in [0.15, 0.2) is 0 Å². The molecule has 1 heterocycles. The van der Waals surface area contributed by atoms with Crippen LogP contribution in [-0.4, -0.2) is 4.98 Å². The Morgan fingerprint density at radius 2 is 2.50 bits per heavy atom. The molecule has 0 saturated heterocycles. The number of nitrogens with zero attached hydrogens (tertiary/aromatic N) is 2. The summed E-state index contributed by atoms with van der Waals surface area (Å²) in [7, 11) is 0. The number of rotatable bonds is 3. The molecule has 0 saturated carbocycles. The van der Waals surface area contributed by atoms with Gasteiger partial charge in [0, 0.05) is 6.42 Å². The van der Waals surface area contributed by atoms with Crippen LogP contribution in [0.5, 0.6) is 0 Å². The van der Waals surface area contributed by atoms with Crippen LogP contribution in [0.2, 0.25) is 0 Å². The normalized spacial score (nSPS) is 9.10. The Morgan fingerprint density at radius 1 is 1.60 bits per heavy atom. The molecular formula is C7H10N3+. The van der Waals surface area contributed by atoms with E-state index in [-0.39, 0.29) is 0 Å². The van der Waals surface area contributed by atoms with Crippen LogP contribution >= 0.6 is 0 Å². The molecule has 52 valence electrons. The standard InChI is InChI=1S/C7H9N3/c8-3-1-2-5-10-6-4-9-7-10/h4,6-7H,1-2,5H2/p+1. The van der Waals surface area contributed by atoms with Gasteiger partial charge >= 0.3 is 0 Å². The predicted molar refractivity (Wildman–Crippen MR) is 35.8 cm³/mol. The summed E-state index contributed by atoms with van der Waals surface area (Å²) in [6.45, 7) is 0.928. The quantitative estimate of drug-likeness (QED) is 0.480. The minimum Gasteiger partial charge on any atom is -0.250 e. The molecule has 0 aliphatic heterocycles. The lowest BCUT2D eigenvalue weighted by Gasteiger charge is -1.88. The topological polar surface area (TPSA) is 43.5 Å². The molecule has 0 fully saturated rings. The average molecular weight is 136 g/mol. The molecule has 3 nitrogen and oxygen atoms in total. The molecule has 1 N–H and O–H groups in total. The van der Waals surface area contributed by atoms with Crippen LogP contribution in [-0.2, 0) is 6.54 Å². The third-order valence-corrected chi connectivity index (χ3v) is 1.31. The second-order valence-corrected chi connectivity index (χ2v) is 2.11. The molecule has 0 unspecified atom stereocenters. The number of nitriles is 1. The van der Waals surface area contributed by atoms with Gasteiger partial charge < -0.3 is 0 Å². The molecule has 10 heavy (non-hydrogen) atoms. The van der Waals surface area contributed by atoms with Crippen LogP contribution in [0.1, 0.15) is 12.8 Å². The zero-order valence-electron chi connectivity index (χ0n) is 5.75. The van der Waals surface area contributed by atoms with E-state index in [1.54, 1.807) is 0 Å². The van der Waals surface area contributed by atoms with Crippen molar-refractivity contribution in [3.8, 4) is 6.07 Å². The van der Waals surface area contributed by atoms with Crippen molar-refractivity contribution in [3.05, 3.63) is 18.7 Å². The maximum atomic E-state index is 8.23. The number of aryl methyl sites for hydroxylation is 1. The van der Waals surface area contributed by atoms with E-state index in [0.29, 0.717) is 6.42 Å². The van der Waals surface area contributed by atoms with Crippen molar-refractivity contribution in [2.45, 2.75) is 19.4 Å². The Morgan fingerprint density at radius 3 is 3.10 bits per heavy atom. The van der Waals surface area contributed by atoms with Gasteiger partial charge in [0.25, 0.3) is 0 Å². The third-order valence-electron chi connectivity index (χ3n) is 1.31. The fourth-order valence-corrected chi connectivity index (χ4v) is 0.800. The third kappa shape index (κ3) is 1.90. The molecule has 3 heteroatoms. The van der Waals surface area contributed by atoms with Crippen molar-refractivity contribution in [2.24, 2.45) is 0 Å². The fourth-order valence-electron chi connectivity index (χ4n) is 0.800. The highest BCUT2D eigenvalue weighted by Gasteiger charge is 1.93. The molecule has 0 aliphatic rings. The van der Waals surface area contributed by atoms with E-state index in [1.165, 1.54) is 0 Å². The molecule has 1 aromatic rings. The van der Waals surface area contributed by atoms with Crippen molar-refractivity contribution in [1.82, 2.24) is 4.98 Å². The van der Waals surface area contributed by atoms with Crippen LogP contribution in [0.25, 0.3) is 0 Å². The van der Waals surface area contributed by atoms with Gasteiger partial charge in [-0.2, -0.15) is 5.26 Å². The van der Waals surface area contributed by atoms with E-state index in [9.17, 15) is 0 Å². The molecule has 1 rings (SSSR count). The monoisotopic (exact) mass is 136 g/mol. The van der Waals surface area contributed by atoms with Crippen LogP contribution in [0.15, 0.2) is 18.7 Å². The first-order valence-corrected chi connectivity index (χ1v) is 3.32. The number of aromatic nitrogens is 2. The highest BCUT2D eigenvalue weighted by Crippen LogP contribution is 1.84.